The van der Waals surface area contributed by atoms with E-state index in [1.54, 1.807) is 13.3 Å². The molecule has 0 bridgehead atoms. The average Bonchev–Trinajstić information content (AvgIpc) is 2.85. The van der Waals surface area contributed by atoms with Gasteiger partial charge in [0.25, 0.3) is 0 Å². The fourth-order valence-corrected chi connectivity index (χ4v) is 2.49. The number of hydrogen-bond acceptors (Lipinski definition) is 5. The van der Waals surface area contributed by atoms with Gasteiger partial charge in [-0.25, -0.2) is 0 Å². The first-order chi connectivity index (χ1) is 8.26. The van der Waals surface area contributed by atoms with Crippen molar-refractivity contribution >= 4 is 11.5 Å². The second-order valence-electron chi connectivity index (χ2n) is 3.76. The summed E-state index contributed by atoms with van der Waals surface area (Å²) in [5, 5.41) is 7.17. The second kappa shape index (κ2) is 5.25. The first-order valence-corrected chi connectivity index (χ1v) is 6.12. The Labute approximate surface area is 105 Å². The molecule has 0 aliphatic carbocycles. The van der Waals surface area contributed by atoms with Gasteiger partial charge in [-0.1, -0.05) is 10.6 Å². The molecule has 2 aromatic rings. The first kappa shape index (κ1) is 12.0. The molecular formula is C12H15N3OS. The van der Waals surface area contributed by atoms with Crippen molar-refractivity contribution in [3.05, 3.63) is 40.4 Å². The third-order valence-corrected chi connectivity index (χ3v) is 3.47. The van der Waals surface area contributed by atoms with Crippen LogP contribution in [0.15, 0.2) is 24.4 Å². The van der Waals surface area contributed by atoms with Crippen LogP contribution in [-0.2, 0) is 0 Å². The van der Waals surface area contributed by atoms with E-state index in [0.29, 0.717) is 0 Å². The van der Waals surface area contributed by atoms with Crippen LogP contribution in [0, 0.1) is 6.92 Å². The summed E-state index contributed by atoms with van der Waals surface area (Å²) in [6.45, 7) is 2.08. The van der Waals surface area contributed by atoms with Gasteiger partial charge in [0.15, 0.2) is 0 Å². The molecule has 0 fully saturated rings. The van der Waals surface area contributed by atoms with E-state index < -0.39 is 0 Å². The number of aromatic nitrogens is 2. The zero-order valence-corrected chi connectivity index (χ0v) is 10.9. The van der Waals surface area contributed by atoms with Crippen molar-refractivity contribution in [3.8, 4) is 5.75 Å². The predicted octanol–water partition coefficient (Wildman–Crippen LogP) is 2.16. The highest BCUT2D eigenvalue weighted by Gasteiger charge is 2.16. The monoisotopic (exact) mass is 249 g/mol. The van der Waals surface area contributed by atoms with E-state index in [0.717, 1.165) is 10.6 Å². The number of hydrogen-bond donors (Lipinski definition) is 1. The minimum atomic E-state index is 0.140. The van der Waals surface area contributed by atoms with E-state index in [4.69, 9.17) is 4.74 Å². The summed E-state index contributed by atoms with van der Waals surface area (Å²) in [6, 6.07) is 6.23. The molecule has 17 heavy (non-hydrogen) atoms. The number of nitrogens with one attached hydrogen (secondary N) is 1. The van der Waals surface area contributed by atoms with Gasteiger partial charge in [-0.15, -0.1) is 5.10 Å². The lowest BCUT2D eigenvalue weighted by molar-refractivity contribution is 0.414. The van der Waals surface area contributed by atoms with Gasteiger partial charge >= 0.3 is 0 Å². The molecule has 1 aromatic heterocycles. The molecule has 90 valence electrons. The van der Waals surface area contributed by atoms with Crippen LogP contribution in [0.4, 0.5) is 0 Å². The Morgan fingerprint density at radius 3 is 2.76 bits per heavy atom. The summed E-state index contributed by atoms with van der Waals surface area (Å²) >= 11 is 1.41. The standard InChI is InChI=1S/C12H15N3OS/c1-8-6-9(16-3)4-5-10(8)12(13-2)11-7-14-15-17-11/h4-7,12-13H,1-3H3. The van der Waals surface area contributed by atoms with Crippen LogP contribution in [0.1, 0.15) is 22.0 Å². The van der Waals surface area contributed by atoms with Crippen LogP contribution < -0.4 is 10.1 Å². The molecule has 0 saturated heterocycles. The lowest BCUT2D eigenvalue weighted by Crippen LogP contribution is -2.17. The van der Waals surface area contributed by atoms with Gasteiger partial charge in [0.05, 0.1) is 24.2 Å². The van der Waals surface area contributed by atoms with Crippen LogP contribution in [0.3, 0.4) is 0 Å². The summed E-state index contributed by atoms with van der Waals surface area (Å²) < 4.78 is 9.12. The molecule has 1 atom stereocenters. The van der Waals surface area contributed by atoms with Crippen molar-refractivity contribution in [1.82, 2.24) is 14.9 Å². The maximum atomic E-state index is 5.21. The van der Waals surface area contributed by atoms with E-state index >= 15 is 0 Å². The number of nitrogens with zero attached hydrogens (tertiary/aromatic N) is 2. The molecule has 1 unspecified atom stereocenters. The molecule has 2 rings (SSSR count). The number of aryl methyl sites for hydroxylation is 1. The minimum absolute atomic E-state index is 0.140. The summed E-state index contributed by atoms with van der Waals surface area (Å²) in [6.07, 6.45) is 1.80. The van der Waals surface area contributed by atoms with Crippen molar-refractivity contribution in [1.29, 1.82) is 0 Å². The van der Waals surface area contributed by atoms with Gasteiger partial charge in [0, 0.05) is 0 Å². The molecule has 4 nitrogen and oxygen atoms in total. The number of rotatable bonds is 4. The molecule has 0 spiro atoms. The maximum absolute atomic E-state index is 5.21. The third kappa shape index (κ3) is 2.45. The van der Waals surface area contributed by atoms with Gasteiger partial charge in [0.1, 0.15) is 5.75 Å². The minimum Gasteiger partial charge on any atom is -0.497 e. The summed E-state index contributed by atoms with van der Waals surface area (Å²) in [4.78, 5) is 1.11. The predicted molar refractivity (Wildman–Crippen MR) is 68.5 cm³/mol. The lowest BCUT2D eigenvalue weighted by Gasteiger charge is -2.17. The van der Waals surface area contributed by atoms with Crippen molar-refractivity contribution in [2.24, 2.45) is 0 Å². The van der Waals surface area contributed by atoms with E-state index in [-0.39, 0.29) is 6.04 Å². The van der Waals surface area contributed by atoms with Crippen molar-refractivity contribution < 1.29 is 4.74 Å². The molecule has 5 heteroatoms. The van der Waals surface area contributed by atoms with Gasteiger partial charge in [0.2, 0.25) is 0 Å². The molecule has 0 amide bonds. The van der Waals surface area contributed by atoms with Gasteiger partial charge < -0.3 is 10.1 Å². The smallest absolute Gasteiger partial charge is 0.119 e. The van der Waals surface area contributed by atoms with E-state index in [1.807, 2.05) is 19.2 Å². The molecular weight excluding hydrogens is 234 g/mol. The Morgan fingerprint density at radius 1 is 1.41 bits per heavy atom. The Balaban J connectivity index is 2.38. The van der Waals surface area contributed by atoms with Crippen LogP contribution in [0.25, 0.3) is 0 Å². The fraction of sp³-hybridized carbons (Fsp3) is 0.333. The van der Waals surface area contributed by atoms with Crippen molar-refractivity contribution in [3.63, 3.8) is 0 Å². The fourth-order valence-electron chi connectivity index (χ4n) is 1.85. The topological polar surface area (TPSA) is 47.0 Å². The third-order valence-electron chi connectivity index (χ3n) is 2.74. The largest absolute Gasteiger partial charge is 0.497 e. The van der Waals surface area contributed by atoms with Crippen molar-refractivity contribution in [2.45, 2.75) is 13.0 Å². The highest BCUT2D eigenvalue weighted by molar-refractivity contribution is 7.05. The number of benzene rings is 1. The first-order valence-electron chi connectivity index (χ1n) is 5.35. The zero-order valence-electron chi connectivity index (χ0n) is 10.1. The van der Waals surface area contributed by atoms with Crippen LogP contribution >= 0.6 is 11.5 Å². The Hall–Kier alpha value is -1.46. The van der Waals surface area contributed by atoms with Crippen molar-refractivity contribution in [2.75, 3.05) is 14.2 Å². The SMILES string of the molecule is CNC(c1cnns1)c1ccc(OC)cc1C. The number of ether oxygens (including phenoxy) is 1. The molecule has 0 saturated carbocycles. The highest BCUT2D eigenvalue weighted by Crippen LogP contribution is 2.28. The molecule has 1 N–H and O–H groups in total. The van der Waals surface area contributed by atoms with E-state index in [9.17, 15) is 0 Å². The highest BCUT2D eigenvalue weighted by atomic mass is 32.1. The quantitative estimate of drug-likeness (QED) is 0.902. The second-order valence-corrected chi connectivity index (χ2v) is 4.58. The lowest BCUT2D eigenvalue weighted by atomic mass is 10.0. The maximum Gasteiger partial charge on any atom is 0.119 e. The van der Waals surface area contributed by atoms with Crippen LogP contribution in [-0.4, -0.2) is 23.7 Å². The molecule has 0 aliphatic rings. The number of methoxy groups -OCH3 is 1. The Kier molecular flexibility index (Phi) is 3.71. The molecule has 0 radical (unpaired) electrons. The molecule has 0 aliphatic heterocycles. The summed E-state index contributed by atoms with van der Waals surface area (Å²) in [5.41, 5.74) is 2.41. The summed E-state index contributed by atoms with van der Waals surface area (Å²) in [5.74, 6) is 0.878. The molecule has 1 aromatic carbocycles. The van der Waals surface area contributed by atoms with Gasteiger partial charge in [-0.2, -0.15) is 0 Å². The van der Waals surface area contributed by atoms with Gasteiger partial charge in [-0.3, -0.25) is 0 Å². The van der Waals surface area contributed by atoms with E-state index in [1.165, 1.54) is 22.7 Å². The van der Waals surface area contributed by atoms with Gasteiger partial charge in [-0.05, 0) is 48.8 Å². The normalized spacial score (nSPS) is 12.4. The van der Waals surface area contributed by atoms with E-state index in [2.05, 4.69) is 27.9 Å². The summed E-state index contributed by atoms with van der Waals surface area (Å²) in [7, 11) is 3.62. The zero-order chi connectivity index (χ0) is 12.3. The average molecular weight is 249 g/mol. The molecule has 1 heterocycles. The van der Waals surface area contributed by atoms with Crippen LogP contribution in [0.2, 0.25) is 0 Å². The Morgan fingerprint density at radius 2 is 2.24 bits per heavy atom. The van der Waals surface area contributed by atoms with Crippen LogP contribution in [0.5, 0.6) is 5.75 Å². The Bertz CT molecular complexity index is 485.